The first-order valence-corrected chi connectivity index (χ1v) is 6.20. The summed E-state index contributed by atoms with van der Waals surface area (Å²) in [5, 5.41) is 6.90. The first kappa shape index (κ1) is 11.6. The summed E-state index contributed by atoms with van der Waals surface area (Å²) < 4.78 is 7.10. The molecule has 5 unspecified atom stereocenters. The van der Waals surface area contributed by atoms with Crippen LogP contribution in [-0.4, -0.2) is 45.5 Å². The number of nitrogens with two attached hydrogens (primary N) is 1. The minimum Gasteiger partial charge on any atom is -0.376 e. The maximum Gasteiger partial charge on any atom is 0.245 e. The summed E-state index contributed by atoms with van der Waals surface area (Å²) in [6.07, 6.45) is 4.03. The third-order valence-electron chi connectivity index (χ3n) is 3.97. The van der Waals surface area contributed by atoms with E-state index in [4.69, 9.17) is 10.5 Å². The number of ether oxygens (including phenoxy) is 1. The number of carbonyl (C=O) groups excluding carboxylic acids is 1. The molecule has 3 rings (SSSR count). The van der Waals surface area contributed by atoms with Crippen LogP contribution in [0.3, 0.4) is 0 Å². The van der Waals surface area contributed by atoms with Gasteiger partial charge < -0.3 is 15.8 Å². The number of hydrogen-bond donors (Lipinski definition) is 2. The van der Waals surface area contributed by atoms with Gasteiger partial charge in [-0.15, -0.1) is 0 Å². The first-order valence-electron chi connectivity index (χ1n) is 6.20. The quantitative estimate of drug-likeness (QED) is 0.723. The number of amides is 1. The van der Waals surface area contributed by atoms with Gasteiger partial charge in [0.1, 0.15) is 18.7 Å². The van der Waals surface area contributed by atoms with Crippen LogP contribution in [0.5, 0.6) is 0 Å². The highest BCUT2D eigenvalue weighted by Gasteiger charge is 2.52. The minimum absolute atomic E-state index is 0.00407. The van der Waals surface area contributed by atoms with Crippen molar-refractivity contribution in [3.05, 3.63) is 12.7 Å². The van der Waals surface area contributed by atoms with Crippen LogP contribution in [0.15, 0.2) is 12.7 Å². The summed E-state index contributed by atoms with van der Waals surface area (Å²) in [4.78, 5) is 15.9. The van der Waals surface area contributed by atoms with Crippen LogP contribution >= 0.6 is 0 Å². The highest BCUT2D eigenvalue weighted by Crippen LogP contribution is 2.37. The molecule has 1 aromatic heterocycles. The summed E-state index contributed by atoms with van der Waals surface area (Å²) in [5.74, 6) is 0.298. The van der Waals surface area contributed by atoms with E-state index in [1.807, 2.05) is 0 Å². The molecule has 7 nitrogen and oxygen atoms in total. The second-order valence-electron chi connectivity index (χ2n) is 4.95. The van der Waals surface area contributed by atoms with Gasteiger partial charge >= 0.3 is 0 Å². The van der Waals surface area contributed by atoms with Crippen LogP contribution in [0.2, 0.25) is 0 Å². The van der Waals surface area contributed by atoms with Crippen molar-refractivity contribution in [3.8, 4) is 0 Å². The Labute approximate surface area is 105 Å². The summed E-state index contributed by atoms with van der Waals surface area (Å²) in [7, 11) is 0. The van der Waals surface area contributed by atoms with E-state index in [9.17, 15) is 4.79 Å². The van der Waals surface area contributed by atoms with Crippen LogP contribution in [0, 0.1) is 5.92 Å². The van der Waals surface area contributed by atoms with Crippen LogP contribution in [-0.2, 0) is 9.53 Å². The molecule has 1 amide bonds. The van der Waals surface area contributed by atoms with Gasteiger partial charge in [0.2, 0.25) is 5.91 Å². The van der Waals surface area contributed by atoms with Crippen LogP contribution < -0.4 is 11.1 Å². The minimum atomic E-state index is -0.389. The van der Waals surface area contributed by atoms with Crippen molar-refractivity contribution >= 4 is 5.91 Å². The van der Waals surface area contributed by atoms with E-state index in [-0.39, 0.29) is 30.1 Å². The molecule has 18 heavy (non-hydrogen) atoms. The zero-order chi connectivity index (χ0) is 12.7. The van der Waals surface area contributed by atoms with Crippen molar-refractivity contribution in [1.29, 1.82) is 0 Å². The smallest absolute Gasteiger partial charge is 0.245 e. The average molecular weight is 251 g/mol. The van der Waals surface area contributed by atoms with Gasteiger partial charge in [0.15, 0.2) is 0 Å². The summed E-state index contributed by atoms with van der Waals surface area (Å²) >= 11 is 0. The Hall–Kier alpha value is -1.47. The van der Waals surface area contributed by atoms with E-state index in [1.54, 1.807) is 6.92 Å². The molecule has 0 spiro atoms. The molecule has 2 aliphatic rings. The van der Waals surface area contributed by atoms with Crippen molar-refractivity contribution < 1.29 is 9.53 Å². The van der Waals surface area contributed by atoms with Crippen molar-refractivity contribution in [3.63, 3.8) is 0 Å². The Morgan fingerprint density at radius 1 is 1.67 bits per heavy atom. The Kier molecular flexibility index (Phi) is 2.79. The van der Waals surface area contributed by atoms with E-state index in [1.165, 1.54) is 17.3 Å². The molecule has 5 atom stereocenters. The number of nitrogens with zero attached hydrogens (tertiary/aromatic N) is 3. The van der Waals surface area contributed by atoms with Gasteiger partial charge in [-0.25, -0.2) is 9.67 Å². The third-order valence-corrected chi connectivity index (χ3v) is 3.97. The van der Waals surface area contributed by atoms with E-state index in [2.05, 4.69) is 15.4 Å². The monoisotopic (exact) mass is 251 g/mol. The SMILES string of the molecule is CC(C(=O)NC1C(N)C2CCOC21)n1cncn1. The number of hydrogen-bond acceptors (Lipinski definition) is 5. The molecule has 2 heterocycles. The predicted octanol–water partition coefficient (Wildman–Crippen LogP) is -0.930. The highest BCUT2D eigenvalue weighted by atomic mass is 16.5. The molecule has 7 heteroatoms. The van der Waals surface area contributed by atoms with E-state index in [0.29, 0.717) is 5.92 Å². The fraction of sp³-hybridized carbons (Fsp3) is 0.727. The van der Waals surface area contributed by atoms with Crippen LogP contribution in [0.25, 0.3) is 0 Å². The van der Waals surface area contributed by atoms with Gasteiger partial charge in [0.25, 0.3) is 0 Å². The van der Waals surface area contributed by atoms with Gasteiger partial charge in [0.05, 0.1) is 12.1 Å². The van der Waals surface area contributed by atoms with Gasteiger partial charge in [-0.05, 0) is 13.3 Å². The topological polar surface area (TPSA) is 95.1 Å². The zero-order valence-corrected chi connectivity index (χ0v) is 10.2. The Morgan fingerprint density at radius 2 is 2.50 bits per heavy atom. The lowest BCUT2D eigenvalue weighted by molar-refractivity contribution is -0.128. The number of fused-ring (bicyclic) bond motifs is 1. The fourth-order valence-corrected chi connectivity index (χ4v) is 2.75. The normalized spacial score (nSPS) is 35.7. The molecule has 1 aromatic rings. The Balaban J connectivity index is 1.61. The van der Waals surface area contributed by atoms with Gasteiger partial charge in [-0.1, -0.05) is 0 Å². The van der Waals surface area contributed by atoms with Crippen molar-refractivity contribution in [2.75, 3.05) is 6.61 Å². The molecule has 0 bridgehead atoms. The largest absolute Gasteiger partial charge is 0.376 e. The standard InChI is InChI=1S/C11H17N5O2/c1-6(16-5-13-4-14-16)11(17)15-9-8(12)7-2-3-18-10(7)9/h4-10H,2-3,12H2,1H3,(H,15,17). The van der Waals surface area contributed by atoms with Crippen LogP contribution in [0.4, 0.5) is 0 Å². The molecule has 2 fully saturated rings. The van der Waals surface area contributed by atoms with E-state index >= 15 is 0 Å². The fourth-order valence-electron chi connectivity index (χ4n) is 2.75. The molecule has 0 radical (unpaired) electrons. The Morgan fingerprint density at radius 3 is 3.22 bits per heavy atom. The molecule has 0 aromatic carbocycles. The molecular weight excluding hydrogens is 234 g/mol. The van der Waals surface area contributed by atoms with Gasteiger partial charge in [-0.3, -0.25) is 4.79 Å². The zero-order valence-electron chi connectivity index (χ0n) is 10.2. The molecule has 1 aliphatic heterocycles. The lowest BCUT2D eigenvalue weighted by Crippen LogP contribution is -2.69. The van der Waals surface area contributed by atoms with Crippen molar-refractivity contribution in [1.82, 2.24) is 20.1 Å². The number of aromatic nitrogens is 3. The van der Waals surface area contributed by atoms with Gasteiger partial charge in [0, 0.05) is 18.6 Å². The first-order chi connectivity index (χ1) is 8.68. The lowest BCUT2D eigenvalue weighted by Gasteiger charge is -2.45. The number of carbonyl (C=O) groups is 1. The van der Waals surface area contributed by atoms with E-state index in [0.717, 1.165) is 13.0 Å². The molecule has 1 aliphatic carbocycles. The third kappa shape index (κ3) is 1.70. The number of rotatable bonds is 3. The summed E-state index contributed by atoms with van der Waals surface area (Å²) in [5.41, 5.74) is 6.05. The average Bonchev–Trinajstić information content (AvgIpc) is 3.03. The molecule has 1 saturated heterocycles. The van der Waals surface area contributed by atoms with Gasteiger partial charge in [-0.2, -0.15) is 5.10 Å². The van der Waals surface area contributed by atoms with E-state index < -0.39 is 0 Å². The highest BCUT2D eigenvalue weighted by molar-refractivity contribution is 5.80. The summed E-state index contributed by atoms with van der Waals surface area (Å²) in [6, 6.07) is -0.458. The number of nitrogens with one attached hydrogen (secondary N) is 1. The second kappa shape index (κ2) is 4.33. The second-order valence-corrected chi connectivity index (χ2v) is 4.95. The maximum absolute atomic E-state index is 12.1. The van der Waals surface area contributed by atoms with Crippen molar-refractivity contribution in [2.24, 2.45) is 11.7 Å². The Bertz CT molecular complexity index is 435. The summed E-state index contributed by atoms with van der Waals surface area (Å²) in [6.45, 7) is 2.52. The molecule has 1 saturated carbocycles. The predicted molar refractivity (Wildman–Crippen MR) is 62.5 cm³/mol. The van der Waals surface area contributed by atoms with Crippen LogP contribution in [0.1, 0.15) is 19.4 Å². The molecular formula is C11H17N5O2. The lowest BCUT2D eigenvalue weighted by atomic mass is 9.72. The molecule has 98 valence electrons. The molecule has 3 N–H and O–H groups in total. The van der Waals surface area contributed by atoms with Crippen molar-refractivity contribution in [2.45, 2.75) is 37.6 Å². The maximum atomic E-state index is 12.1.